The molecule has 0 fully saturated rings. The van der Waals surface area contributed by atoms with Crippen molar-refractivity contribution < 1.29 is 14.6 Å². The Labute approximate surface area is 68.8 Å². The zero-order chi connectivity index (χ0) is 9.14. The second kappa shape index (κ2) is 3.08. The van der Waals surface area contributed by atoms with Gasteiger partial charge >= 0.3 is 5.97 Å². The lowest BCUT2D eigenvalue weighted by Crippen LogP contribution is -2.04. The number of hydrogen-bond donors (Lipinski definition) is 2. The molecule has 3 N–H and O–H groups in total. The summed E-state index contributed by atoms with van der Waals surface area (Å²) >= 11 is 0. The number of ether oxygens (including phenoxy) is 1. The van der Waals surface area contributed by atoms with E-state index >= 15 is 0 Å². The number of aromatic nitrogens is 1. The summed E-state index contributed by atoms with van der Waals surface area (Å²) in [4.78, 5) is 14.5. The largest absolute Gasteiger partial charge is 0.504 e. The molecule has 64 valence electrons. The minimum atomic E-state index is -0.582. The van der Waals surface area contributed by atoms with Gasteiger partial charge in [-0.25, -0.2) is 9.78 Å². The average Bonchev–Trinajstić information content (AvgIpc) is 2.08. The number of methoxy groups -OCH3 is 1. The Bertz CT molecular complexity index is 312. The fraction of sp³-hybridized carbons (Fsp3) is 0.143. The predicted molar refractivity (Wildman–Crippen MR) is 41.7 cm³/mol. The van der Waals surface area contributed by atoms with Crippen LogP contribution in [0.1, 0.15) is 10.5 Å². The van der Waals surface area contributed by atoms with Crippen LogP contribution in [-0.2, 0) is 4.74 Å². The fourth-order valence-electron chi connectivity index (χ4n) is 0.680. The van der Waals surface area contributed by atoms with E-state index < -0.39 is 5.97 Å². The van der Waals surface area contributed by atoms with Crippen LogP contribution in [0.25, 0.3) is 0 Å². The SMILES string of the molecule is COC(=O)c1cc(N)c(O)cn1. The summed E-state index contributed by atoms with van der Waals surface area (Å²) in [6.45, 7) is 0. The lowest BCUT2D eigenvalue weighted by atomic mass is 10.3. The van der Waals surface area contributed by atoms with Gasteiger partial charge in [-0.15, -0.1) is 0 Å². The highest BCUT2D eigenvalue weighted by Crippen LogP contribution is 2.18. The van der Waals surface area contributed by atoms with Gasteiger partial charge in [0.05, 0.1) is 19.0 Å². The van der Waals surface area contributed by atoms with Crippen LogP contribution in [-0.4, -0.2) is 23.2 Å². The molecule has 0 amide bonds. The average molecular weight is 168 g/mol. The van der Waals surface area contributed by atoms with E-state index in [2.05, 4.69) is 9.72 Å². The molecule has 12 heavy (non-hydrogen) atoms. The van der Waals surface area contributed by atoms with Gasteiger partial charge < -0.3 is 15.6 Å². The van der Waals surface area contributed by atoms with Crippen molar-refractivity contribution in [3.8, 4) is 5.75 Å². The Hall–Kier alpha value is -1.78. The highest BCUT2D eigenvalue weighted by molar-refractivity contribution is 5.88. The maximum Gasteiger partial charge on any atom is 0.356 e. The van der Waals surface area contributed by atoms with Crippen molar-refractivity contribution in [3.63, 3.8) is 0 Å². The molecule has 0 saturated heterocycles. The van der Waals surface area contributed by atoms with Gasteiger partial charge in [-0.2, -0.15) is 0 Å². The molecule has 0 aliphatic carbocycles. The first-order chi connectivity index (χ1) is 5.65. The second-order valence-corrected chi connectivity index (χ2v) is 2.12. The molecule has 0 bridgehead atoms. The Morgan fingerprint density at radius 2 is 2.42 bits per heavy atom. The molecule has 0 aliphatic rings. The molecule has 5 heteroatoms. The number of esters is 1. The van der Waals surface area contributed by atoms with Gasteiger partial charge in [-0.3, -0.25) is 0 Å². The number of pyridine rings is 1. The summed E-state index contributed by atoms with van der Waals surface area (Å²) in [7, 11) is 1.24. The number of rotatable bonds is 1. The van der Waals surface area contributed by atoms with Crippen LogP contribution in [0.15, 0.2) is 12.3 Å². The monoisotopic (exact) mass is 168 g/mol. The second-order valence-electron chi connectivity index (χ2n) is 2.12. The van der Waals surface area contributed by atoms with Crippen molar-refractivity contribution in [2.75, 3.05) is 12.8 Å². The fourth-order valence-corrected chi connectivity index (χ4v) is 0.680. The molecule has 1 heterocycles. The van der Waals surface area contributed by atoms with Crippen molar-refractivity contribution in [2.45, 2.75) is 0 Å². The van der Waals surface area contributed by atoms with Crippen molar-refractivity contribution in [1.82, 2.24) is 4.98 Å². The van der Waals surface area contributed by atoms with Crippen LogP contribution in [0.5, 0.6) is 5.75 Å². The number of carbonyl (C=O) groups is 1. The molecule has 1 aromatic rings. The van der Waals surface area contributed by atoms with E-state index in [0.29, 0.717) is 0 Å². The van der Waals surface area contributed by atoms with Crippen molar-refractivity contribution in [3.05, 3.63) is 18.0 Å². The smallest absolute Gasteiger partial charge is 0.356 e. The third-order valence-electron chi connectivity index (χ3n) is 1.31. The van der Waals surface area contributed by atoms with Crippen LogP contribution in [0.2, 0.25) is 0 Å². The summed E-state index contributed by atoms with van der Waals surface area (Å²) in [5.74, 6) is -0.732. The van der Waals surface area contributed by atoms with Gasteiger partial charge in [-0.05, 0) is 6.07 Å². The molecule has 0 aliphatic heterocycles. The molecular weight excluding hydrogens is 160 g/mol. The zero-order valence-corrected chi connectivity index (χ0v) is 6.44. The van der Waals surface area contributed by atoms with Gasteiger partial charge in [0.2, 0.25) is 0 Å². The Morgan fingerprint density at radius 3 is 2.92 bits per heavy atom. The number of aromatic hydroxyl groups is 1. The predicted octanol–water partition coefficient (Wildman–Crippen LogP) is 0.156. The first-order valence-electron chi connectivity index (χ1n) is 3.18. The third-order valence-corrected chi connectivity index (χ3v) is 1.31. The number of nitrogen functional groups attached to an aromatic ring is 1. The van der Waals surface area contributed by atoms with Crippen LogP contribution in [0.3, 0.4) is 0 Å². The first-order valence-corrected chi connectivity index (χ1v) is 3.18. The van der Waals surface area contributed by atoms with Gasteiger partial charge in [-0.1, -0.05) is 0 Å². The Balaban J connectivity index is 3.05. The molecule has 0 radical (unpaired) electrons. The van der Waals surface area contributed by atoms with Crippen molar-refractivity contribution in [2.24, 2.45) is 0 Å². The first kappa shape index (κ1) is 8.32. The molecule has 5 nitrogen and oxygen atoms in total. The van der Waals surface area contributed by atoms with Crippen LogP contribution < -0.4 is 5.73 Å². The molecule has 0 aromatic carbocycles. The van der Waals surface area contributed by atoms with E-state index in [1.165, 1.54) is 13.2 Å². The van der Waals surface area contributed by atoms with Gasteiger partial charge in [0.25, 0.3) is 0 Å². The summed E-state index contributed by atoms with van der Waals surface area (Å²) in [5.41, 5.74) is 5.49. The van der Waals surface area contributed by atoms with E-state index in [9.17, 15) is 4.79 Å². The number of nitrogens with two attached hydrogens (primary N) is 1. The van der Waals surface area contributed by atoms with E-state index in [4.69, 9.17) is 10.8 Å². The highest BCUT2D eigenvalue weighted by atomic mass is 16.5. The van der Waals surface area contributed by atoms with Crippen molar-refractivity contribution in [1.29, 1.82) is 0 Å². The van der Waals surface area contributed by atoms with Crippen LogP contribution in [0.4, 0.5) is 5.69 Å². The molecular formula is C7H8N2O3. The molecule has 0 atom stereocenters. The van der Waals surface area contributed by atoms with E-state index in [1.54, 1.807) is 0 Å². The highest BCUT2D eigenvalue weighted by Gasteiger charge is 2.08. The number of nitrogens with zero attached hydrogens (tertiary/aromatic N) is 1. The molecule has 1 rings (SSSR count). The maximum atomic E-state index is 10.9. The minimum absolute atomic E-state index is 0.0767. The molecule has 0 unspecified atom stereocenters. The normalized spacial score (nSPS) is 9.42. The van der Waals surface area contributed by atoms with Crippen LogP contribution in [0, 0.1) is 0 Å². The molecule has 0 saturated carbocycles. The summed E-state index contributed by atoms with van der Waals surface area (Å²) < 4.78 is 4.39. The standard InChI is InChI=1S/C7H8N2O3/c1-12-7(11)5-2-4(8)6(10)3-9-5/h2-3,10H,1H3,(H2,8,9). The summed E-state index contributed by atoms with van der Waals surface area (Å²) in [6, 6.07) is 1.25. The van der Waals surface area contributed by atoms with Crippen molar-refractivity contribution >= 4 is 11.7 Å². The lowest BCUT2D eigenvalue weighted by Gasteiger charge is -2.00. The van der Waals surface area contributed by atoms with Gasteiger partial charge in [0.1, 0.15) is 0 Å². The third kappa shape index (κ3) is 1.45. The quantitative estimate of drug-likeness (QED) is 0.583. The zero-order valence-electron chi connectivity index (χ0n) is 6.44. The number of carbonyl (C=O) groups excluding carboxylic acids is 1. The topological polar surface area (TPSA) is 85.4 Å². The van der Waals surface area contributed by atoms with Gasteiger partial charge in [0, 0.05) is 0 Å². The van der Waals surface area contributed by atoms with E-state index in [1.807, 2.05) is 0 Å². The Morgan fingerprint density at radius 1 is 1.75 bits per heavy atom. The summed E-state index contributed by atoms with van der Waals surface area (Å²) in [5, 5.41) is 8.96. The molecule has 0 spiro atoms. The van der Waals surface area contributed by atoms with E-state index in [-0.39, 0.29) is 17.1 Å². The molecule has 1 aromatic heterocycles. The number of anilines is 1. The summed E-state index contributed by atoms with van der Waals surface area (Å²) in [6.07, 6.45) is 1.10. The van der Waals surface area contributed by atoms with Gasteiger partial charge in [0.15, 0.2) is 11.4 Å². The minimum Gasteiger partial charge on any atom is -0.504 e. The lowest BCUT2D eigenvalue weighted by molar-refractivity contribution is 0.0594. The van der Waals surface area contributed by atoms with E-state index in [0.717, 1.165) is 6.20 Å². The Kier molecular flexibility index (Phi) is 2.14. The van der Waals surface area contributed by atoms with Crippen LogP contribution >= 0.6 is 0 Å². The number of hydrogen-bond acceptors (Lipinski definition) is 5. The maximum absolute atomic E-state index is 10.9.